The quantitative estimate of drug-likeness (QED) is 0.518. The lowest BCUT2D eigenvalue weighted by atomic mass is 10.0. The number of phenolic OH excluding ortho intramolecular Hbond substituents is 1. The zero-order valence-electron chi connectivity index (χ0n) is 20.5. The normalized spacial score (nSPS) is 23.5. The summed E-state index contributed by atoms with van der Waals surface area (Å²) in [5.74, 6) is 0.292. The zero-order chi connectivity index (χ0) is 25.4. The van der Waals surface area contributed by atoms with Crippen LogP contribution in [0.3, 0.4) is 0 Å². The number of carbonyl (C=O) groups excluding carboxylic acids is 3. The van der Waals surface area contributed by atoms with Crippen LogP contribution in [0, 0.1) is 5.92 Å². The molecule has 5 rings (SSSR count). The van der Waals surface area contributed by atoms with Crippen LogP contribution in [0.15, 0.2) is 12.1 Å². The number of H-pyrrole nitrogens is 1. The van der Waals surface area contributed by atoms with E-state index in [9.17, 15) is 19.5 Å². The standard InChI is InChI=1S/C25H31N5O6/c1-29-6-3-7-30(29)25(34)36-16-5-4-14(8-16)20-11-23(28-27-20)26-24(33)15-9-17-18(10-15)22(35-2)12-21(32)19(17)13-31/h11-16,32H,3-10H2,1-2H3,(H2,26,27,28,33)/t14-,15?,16+/m0/s1. The Morgan fingerprint density at radius 1 is 1.22 bits per heavy atom. The Bertz CT molecular complexity index is 1180. The van der Waals surface area contributed by atoms with Gasteiger partial charge in [-0.25, -0.2) is 14.8 Å². The number of ether oxygens (including phenoxy) is 2. The Hall–Kier alpha value is -3.60. The molecule has 11 nitrogen and oxygen atoms in total. The lowest BCUT2D eigenvalue weighted by Crippen LogP contribution is -2.40. The van der Waals surface area contributed by atoms with Crippen LogP contribution in [0.4, 0.5) is 10.6 Å². The van der Waals surface area contributed by atoms with Crippen LogP contribution >= 0.6 is 0 Å². The lowest BCUT2D eigenvalue weighted by Gasteiger charge is -2.25. The number of hydrogen-bond donors (Lipinski definition) is 3. The van der Waals surface area contributed by atoms with E-state index >= 15 is 0 Å². The van der Waals surface area contributed by atoms with E-state index < -0.39 is 5.92 Å². The predicted octanol–water partition coefficient (Wildman–Crippen LogP) is 2.62. The molecule has 1 saturated carbocycles. The highest BCUT2D eigenvalue weighted by Crippen LogP contribution is 2.40. The van der Waals surface area contributed by atoms with Crippen LogP contribution in [0.2, 0.25) is 0 Å². The minimum atomic E-state index is -0.409. The highest BCUT2D eigenvalue weighted by atomic mass is 16.6. The van der Waals surface area contributed by atoms with Crippen LogP contribution < -0.4 is 10.1 Å². The van der Waals surface area contributed by atoms with E-state index in [1.807, 2.05) is 18.1 Å². The van der Waals surface area contributed by atoms with Crippen molar-refractivity contribution in [3.63, 3.8) is 0 Å². The average Bonchev–Trinajstić information content (AvgIpc) is 3.65. The van der Waals surface area contributed by atoms with Crippen molar-refractivity contribution in [3.8, 4) is 11.5 Å². The first-order valence-corrected chi connectivity index (χ1v) is 12.3. The maximum absolute atomic E-state index is 13.0. The minimum absolute atomic E-state index is 0.145. The first-order chi connectivity index (χ1) is 17.4. The number of hydrogen-bond acceptors (Lipinski definition) is 8. The molecule has 2 fully saturated rings. The second kappa shape index (κ2) is 9.81. The Morgan fingerprint density at radius 2 is 2.03 bits per heavy atom. The summed E-state index contributed by atoms with van der Waals surface area (Å²) in [5, 5.41) is 23.8. The van der Waals surface area contributed by atoms with E-state index in [0.717, 1.165) is 37.1 Å². The Balaban J connectivity index is 1.18. The van der Waals surface area contributed by atoms with Gasteiger partial charge in [0.05, 0.1) is 12.7 Å². The number of benzene rings is 1. The molecule has 0 radical (unpaired) electrons. The van der Waals surface area contributed by atoms with Crippen LogP contribution in [-0.2, 0) is 22.4 Å². The Morgan fingerprint density at radius 3 is 2.75 bits per heavy atom. The molecule has 11 heteroatoms. The summed E-state index contributed by atoms with van der Waals surface area (Å²) >= 11 is 0. The molecule has 36 heavy (non-hydrogen) atoms. The molecule has 1 saturated heterocycles. The van der Waals surface area contributed by atoms with Gasteiger partial charge in [-0.05, 0) is 49.7 Å². The summed E-state index contributed by atoms with van der Waals surface area (Å²) in [6, 6.07) is 3.24. The second-order valence-corrected chi connectivity index (χ2v) is 9.76. The summed E-state index contributed by atoms with van der Waals surface area (Å²) in [6.07, 6.45) is 4.21. The monoisotopic (exact) mass is 497 g/mol. The van der Waals surface area contributed by atoms with Crippen LogP contribution in [0.25, 0.3) is 0 Å². The van der Waals surface area contributed by atoms with Gasteiger partial charge in [-0.1, -0.05) is 0 Å². The van der Waals surface area contributed by atoms with Gasteiger partial charge in [-0.2, -0.15) is 5.10 Å². The molecule has 0 spiro atoms. The molecule has 0 bridgehead atoms. The summed E-state index contributed by atoms with van der Waals surface area (Å²) in [4.78, 5) is 36.9. The van der Waals surface area contributed by atoms with Gasteiger partial charge in [0.25, 0.3) is 0 Å². The molecule has 2 aliphatic carbocycles. The first kappa shape index (κ1) is 24.1. The topological polar surface area (TPSA) is 137 Å². The number of aromatic hydroxyl groups is 1. The number of amides is 2. The van der Waals surface area contributed by atoms with E-state index in [4.69, 9.17) is 9.47 Å². The lowest BCUT2D eigenvalue weighted by molar-refractivity contribution is -0.119. The number of hydrazine groups is 1. The van der Waals surface area contributed by atoms with Crippen LogP contribution in [-0.4, -0.2) is 77.0 Å². The average molecular weight is 498 g/mol. The molecule has 1 aliphatic heterocycles. The molecule has 192 valence electrons. The fraction of sp³-hybridized carbons (Fsp3) is 0.520. The first-order valence-electron chi connectivity index (χ1n) is 12.3. The van der Waals surface area contributed by atoms with Gasteiger partial charge in [0.15, 0.2) is 12.1 Å². The third-order valence-electron chi connectivity index (χ3n) is 7.56. The minimum Gasteiger partial charge on any atom is -0.507 e. The van der Waals surface area contributed by atoms with E-state index in [1.165, 1.54) is 13.2 Å². The van der Waals surface area contributed by atoms with Crippen molar-refractivity contribution in [1.29, 1.82) is 0 Å². The van der Waals surface area contributed by atoms with Crippen molar-refractivity contribution in [1.82, 2.24) is 20.2 Å². The highest BCUT2D eigenvalue weighted by Gasteiger charge is 2.35. The van der Waals surface area contributed by atoms with Crippen molar-refractivity contribution < 1.29 is 29.0 Å². The fourth-order valence-corrected chi connectivity index (χ4v) is 5.62. The molecule has 1 unspecified atom stereocenters. The number of nitrogens with one attached hydrogen (secondary N) is 2. The summed E-state index contributed by atoms with van der Waals surface area (Å²) < 4.78 is 11.1. The molecular weight excluding hydrogens is 466 g/mol. The van der Waals surface area contributed by atoms with Gasteiger partial charge in [0.1, 0.15) is 17.6 Å². The van der Waals surface area contributed by atoms with Crippen molar-refractivity contribution in [3.05, 3.63) is 34.5 Å². The number of rotatable bonds is 6. The van der Waals surface area contributed by atoms with Gasteiger partial charge in [0.2, 0.25) is 5.91 Å². The van der Waals surface area contributed by atoms with E-state index in [-0.39, 0.29) is 35.3 Å². The third kappa shape index (κ3) is 4.50. The number of carbonyl (C=O) groups is 3. The zero-order valence-corrected chi connectivity index (χ0v) is 20.5. The number of aldehydes is 1. The van der Waals surface area contributed by atoms with E-state index in [2.05, 4.69) is 15.5 Å². The predicted molar refractivity (Wildman–Crippen MR) is 129 cm³/mol. The van der Waals surface area contributed by atoms with Gasteiger partial charge >= 0.3 is 6.09 Å². The van der Waals surface area contributed by atoms with Crippen molar-refractivity contribution in [2.45, 2.75) is 50.5 Å². The summed E-state index contributed by atoms with van der Waals surface area (Å²) in [5.41, 5.74) is 2.52. The number of nitrogens with zero attached hydrogens (tertiary/aromatic N) is 3. The number of aromatic nitrogens is 2. The number of methoxy groups -OCH3 is 1. The largest absolute Gasteiger partial charge is 0.507 e. The molecule has 2 heterocycles. The molecule has 3 aliphatic rings. The molecule has 3 N–H and O–H groups in total. The second-order valence-electron chi connectivity index (χ2n) is 9.76. The number of phenols is 1. The maximum Gasteiger partial charge on any atom is 0.424 e. The Labute approximate surface area is 208 Å². The molecule has 3 atom stereocenters. The highest BCUT2D eigenvalue weighted by molar-refractivity contribution is 5.94. The van der Waals surface area contributed by atoms with Gasteiger partial charge in [0, 0.05) is 49.8 Å². The number of aromatic amines is 1. The smallest absolute Gasteiger partial charge is 0.424 e. The summed E-state index contributed by atoms with van der Waals surface area (Å²) in [6.45, 7) is 1.54. The molecule has 1 aromatic carbocycles. The molecular formula is C25H31N5O6. The third-order valence-corrected chi connectivity index (χ3v) is 7.56. The van der Waals surface area contributed by atoms with Gasteiger partial charge in [-0.15, -0.1) is 0 Å². The fourth-order valence-electron chi connectivity index (χ4n) is 5.62. The maximum atomic E-state index is 13.0. The number of fused-ring (bicyclic) bond motifs is 1. The SMILES string of the molecule is COc1cc(O)c(C=O)c2c1CC(C(=O)Nc1cc([C@H]3CC[C@@H](OC(=O)N4CCCN4C)C3)[nH]n1)C2. The van der Waals surface area contributed by atoms with Gasteiger partial charge < -0.3 is 19.9 Å². The van der Waals surface area contributed by atoms with E-state index in [1.54, 1.807) is 5.01 Å². The molecule has 2 amide bonds. The Kier molecular flexibility index (Phi) is 6.57. The van der Waals surface area contributed by atoms with Crippen LogP contribution in [0.5, 0.6) is 11.5 Å². The van der Waals surface area contributed by atoms with Crippen molar-refractivity contribution >= 4 is 24.1 Å². The molecule has 1 aromatic heterocycles. The van der Waals surface area contributed by atoms with E-state index in [0.29, 0.717) is 49.2 Å². The van der Waals surface area contributed by atoms with Gasteiger partial charge in [-0.3, -0.25) is 14.7 Å². The molecule has 2 aromatic rings. The van der Waals surface area contributed by atoms with Crippen molar-refractivity contribution in [2.24, 2.45) is 5.92 Å². The summed E-state index contributed by atoms with van der Waals surface area (Å²) in [7, 11) is 3.38. The van der Waals surface area contributed by atoms with Crippen LogP contribution in [0.1, 0.15) is 58.8 Å². The number of anilines is 1. The van der Waals surface area contributed by atoms with Crippen molar-refractivity contribution in [2.75, 3.05) is 32.6 Å².